The molecule has 0 unspecified atom stereocenters. The number of aromatic carboxylic acids is 1. The standard InChI is InChI=1S/C12H12N4O3/c17-11(8-1-2-13-5-8)15-3-4-16-7-14-10(12(18)19)9(16)6-15/h1-2,5,7,13H,3-4,6H2,(H,18,19). The van der Waals surface area contributed by atoms with Gasteiger partial charge in [-0.25, -0.2) is 9.78 Å². The van der Waals surface area contributed by atoms with Crippen molar-refractivity contribution < 1.29 is 14.7 Å². The number of aromatic amines is 1. The van der Waals surface area contributed by atoms with Crippen LogP contribution in [0.5, 0.6) is 0 Å². The molecule has 19 heavy (non-hydrogen) atoms. The fraction of sp³-hybridized carbons (Fsp3) is 0.250. The lowest BCUT2D eigenvalue weighted by molar-refractivity contribution is 0.0664. The van der Waals surface area contributed by atoms with Crippen molar-refractivity contribution in [2.24, 2.45) is 0 Å². The third-order valence-electron chi connectivity index (χ3n) is 3.23. The number of carbonyl (C=O) groups is 2. The topological polar surface area (TPSA) is 91.2 Å². The lowest BCUT2D eigenvalue weighted by atomic mass is 10.2. The molecule has 0 radical (unpaired) electrons. The zero-order valence-corrected chi connectivity index (χ0v) is 10.0. The molecule has 2 N–H and O–H groups in total. The van der Waals surface area contributed by atoms with Crippen molar-refractivity contribution >= 4 is 11.9 Å². The monoisotopic (exact) mass is 260 g/mol. The fourth-order valence-corrected chi connectivity index (χ4v) is 2.25. The Bertz CT molecular complexity index is 629. The summed E-state index contributed by atoms with van der Waals surface area (Å²) in [6.45, 7) is 1.38. The summed E-state index contributed by atoms with van der Waals surface area (Å²) < 4.78 is 1.78. The molecular formula is C12H12N4O3. The summed E-state index contributed by atoms with van der Waals surface area (Å²) in [7, 11) is 0. The number of hydrogen-bond acceptors (Lipinski definition) is 3. The van der Waals surface area contributed by atoms with Gasteiger partial charge in [-0.05, 0) is 6.07 Å². The van der Waals surface area contributed by atoms with E-state index in [1.54, 1.807) is 27.9 Å². The first kappa shape index (κ1) is 11.5. The van der Waals surface area contributed by atoms with Crippen LogP contribution in [0, 0.1) is 0 Å². The zero-order chi connectivity index (χ0) is 13.4. The number of H-pyrrole nitrogens is 1. The smallest absolute Gasteiger partial charge is 0.356 e. The normalized spacial score (nSPS) is 14.2. The predicted octanol–water partition coefficient (Wildman–Crippen LogP) is 0.565. The highest BCUT2D eigenvalue weighted by Crippen LogP contribution is 2.18. The molecule has 2 aromatic heterocycles. The molecule has 0 saturated heterocycles. The SMILES string of the molecule is O=C(O)c1ncn2c1CN(C(=O)c1cc[nH]c1)CC2. The number of rotatable bonds is 2. The first-order valence-electron chi connectivity index (χ1n) is 5.86. The molecule has 0 bridgehead atoms. The molecule has 3 heterocycles. The highest BCUT2D eigenvalue weighted by molar-refractivity contribution is 5.94. The average Bonchev–Trinajstić information content (AvgIpc) is 3.06. The molecular weight excluding hydrogens is 248 g/mol. The van der Waals surface area contributed by atoms with Crippen LogP contribution in [0.15, 0.2) is 24.8 Å². The van der Waals surface area contributed by atoms with E-state index < -0.39 is 5.97 Å². The van der Waals surface area contributed by atoms with E-state index in [2.05, 4.69) is 9.97 Å². The second kappa shape index (κ2) is 4.27. The number of amides is 1. The van der Waals surface area contributed by atoms with Gasteiger partial charge in [-0.1, -0.05) is 0 Å². The van der Waals surface area contributed by atoms with Gasteiger partial charge in [-0.2, -0.15) is 0 Å². The molecule has 1 aliphatic rings. The van der Waals surface area contributed by atoms with E-state index in [0.29, 0.717) is 24.3 Å². The van der Waals surface area contributed by atoms with Gasteiger partial charge in [0.25, 0.3) is 5.91 Å². The largest absolute Gasteiger partial charge is 0.476 e. The molecule has 0 atom stereocenters. The second-order valence-corrected chi connectivity index (χ2v) is 4.36. The quantitative estimate of drug-likeness (QED) is 0.825. The number of carbonyl (C=O) groups excluding carboxylic acids is 1. The van der Waals surface area contributed by atoms with Gasteiger partial charge < -0.3 is 19.6 Å². The molecule has 98 valence electrons. The van der Waals surface area contributed by atoms with Gasteiger partial charge in [0.05, 0.1) is 24.1 Å². The van der Waals surface area contributed by atoms with Gasteiger partial charge in [0.2, 0.25) is 0 Å². The molecule has 7 nitrogen and oxygen atoms in total. The van der Waals surface area contributed by atoms with Crippen molar-refractivity contribution in [3.8, 4) is 0 Å². The van der Waals surface area contributed by atoms with E-state index in [0.717, 1.165) is 0 Å². The van der Waals surface area contributed by atoms with Crippen LogP contribution >= 0.6 is 0 Å². The Morgan fingerprint density at radius 1 is 1.37 bits per heavy atom. The fourth-order valence-electron chi connectivity index (χ4n) is 2.25. The summed E-state index contributed by atoms with van der Waals surface area (Å²) in [5.41, 5.74) is 1.17. The van der Waals surface area contributed by atoms with Crippen LogP contribution in [-0.4, -0.2) is 43.0 Å². The van der Waals surface area contributed by atoms with Crippen molar-refractivity contribution in [1.29, 1.82) is 0 Å². The lowest BCUT2D eigenvalue weighted by Crippen LogP contribution is -2.38. The molecule has 3 rings (SSSR count). The molecule has 0 aliphatic carbocycles. The summed E-state index contributed by atoms with van der Waals surface area (Å²) in [5.74, 6) is -1.17. The number of carboxylic acids is 1. The summed E-state index contributed by atoms with van der Waals surface area (Å²) in [6, 6.07) is 1.70. The summed E-state index contributed by atoms with van der Waals surface area (Å²) in [5, 5.41) is 9.05. The molecule has 0 saturated carbocycles. The van der Waals surface area contributed by atoms with Crippen LogP contribution in [0.25, 0.3) is 0 Å². The van der Waals surface area contributed by atoms with E-state index in [-0.39, 0.29) is 18.1 Å². The van der Waals surface area contributed by atoms with Gasteiger partial charge in [-0.3, -0.25) is 4.79 Å². The van der Waals surface area contributed by atoms with Crippen molar-refractivity contribution in [2.75, 3.05) is 6.54 Å². The van der Waals surface area contributed by atoms with Crippen molar-refractivity contribution in [3.63, 3.8) is 0 Å². The number of nitrogens with zero attached hydrogens (tertiary/aromatic N) is 3. The Hall–Kier alpha value is -2.57. The van der Waals surface area contributed by atoms with Gasteiger partial charge >= 0.3 is 5.97 Å². The van der Waals surface area contributed by atoms with Crippen LogP contribution in [-0.2, 0) is 13.1 Å². The molecule has 0 fully saturated rings. The van der Waals surface area contributed by atoms with Gasteiger partial charge in [0.15, 0.2) is 5.69 Å². The van der Waals surface area contributed by atoms with Crippen LogP contribution in [0.2, 0.25) is 0 Å². The number of carboxylic acid groups (broad SMARTS) is 1. The first-order chi connectivity index (χ1) is 9.16. The van der Waals surface area contributed by atoms with E-state index in [1.807, 2.05) is 0 Å². The van der Waals surface area contributed by atoms with E-state index >= 15 is 0 Å². The third-order valence-corrected chi connectivity index (χ3v) is 3.23. The maximum Gasteiger partial charge on any atom is 0.356 e. The van der Waals surface area contributed by atoms with Crippen LogP contribution in [0.3, 0.4) is 0 Å². The van der Waals surface area contributed by atoms with Gasteiger partial charge in [0.1, 0.15) is 0 Å². The van der Waals surface area contributed by atoms with Gasteiger partial charge in [-0.15, -0.1) is 0 Å². The van der Waals surface area contributed by atoms with Crippen LogP contribution < -0.4 is 0 Å². The van der Waals surface area contributed by atoms with Crippen molar-refractivity contribution in [2.45, 2.75) is 13.1 Å². The first-order valence-corrected chi connectivity index (χ1v) is 5.86. The average molecular weight is 260 g/mol. The van der Waals surface area contributed by atoms with E-state index in [9.17, 15) is 9.59 Å². The Morgan fingerprint density at radius 2 is 2.21 bits per heavy atom. The Labute approximate surface area is 108 Å². The molecule has 7 heteroatoms. The van der Waals surface area contributed by atoms with E-state index in [1.165, 1.54) is 6.33 Å². The highest BCUT2D eigenvalue weighted by atomic mass is 16.4. The zero-order valence-electron chi connectivity index (χ0n) is 10.0. The second-order valence-electron chi connectivity index (χ2n) is 4.36. The highest BCUT2D eigenvalue weighted by Gasteiger charge is 2.26. The van der Waals surface area contributed by atoms with Crippen molar-refractivity contribution in [1.82, 2.24) is 19.4 Å². The Balaban J connectivity index is 1.87. The number of fused-ring (bicyclic) bond motifs is 1. The number of nitrogens with one attached hydrogen (secondary N) is 1. The Morgan fingerprint density at radius 3 is 2.89 bits per heavy atom. The molecule has 1 amide bonds. The predicted molar refractivity (Wildman–Crippen MR) is 64.7 cm³/mol. The molecule has 2 aromatic rings. The third kappa shape index (κ3) is 1.88. The lowest BCUT2D eigenvalue weighted by Gasteiger charge is -2.28. The van der Waals surface area contributed by atoms with Crippen LogP contribution in [0.1, 0.15) is 26.5 Å². The van der Waals surface area contributed by atoms with Gasteiger partial charge in [0, 0.05) is 25.5 Å². The van der Waals surface area contributed by atoms with Crippen LogP contribution in [0.4, 0.5) is 0 Å². The molecule has 1 aliphatic heterocycles. The summed E-state index contributed by atoms with van der Waals surface area (Å²) in [6.07, 6.45) is 4.83. The summed E-state index contributed by atoms with van der Waals surface area (Å²) >= 11 is 0. The minimum absolute atomic E-state index is 0.0200. The number of hydrogen-bond donors (Lipinski definition) is 2. The maximum absolute atomic E-state index is 12.2. The molecule has 0 spiro atoms. The minimum Gasteiger partial charge on any atom is -0.476 e. The summed E-state index contributed by atoms with van der Waals surface area (Å²) in [4.78, 5) is 31.6. The Kier molecular flexibility index (Phi) is 2.59. The maximum atomic E-state index is 12.2. The minimum atomic E-state index is -1.07. The van der Waals surface area contributed by atoms with Crippen molar-refractivity contribution in [3.05, 3.63) is 41.7 Å². The van der Waals surface area contributed by atoms with E-state index in [4.69, 9.17) is 5.11 Å². The number of aromatic nitrogens is 3. The molecule has 0 aromatic carbocycles. The number of imidazole rings is 1.